The Kier molecular flexibility index (Phi) is 3.63. The van der Waals surface area contributed by atoms with Crippen LogP contribution in [-0.4, -0.2) is 11.4 Å². The van der Waals surface area contributed by atoms with E-state index in [-0.39, 0.29) is 0 Å². The molecule has 1 amide bonds. The fraction of sp³-hybridized carbons (Fsp3) is 0.250. The fourth-order valence-corrected chi connectivity index (χ4v) is 1.10. The third kappa shape index (κ3) is 3.56. The Balaban J connectivity index is 2.58. The van der Waals surface area contributed by atoms with E-state index in [1.165, 1.54) is 0 Å². The zero-order valence-electron chi connectivity index (χ0n) is 8.81. The van der Waals surface area contributed by atoms with Crippen molar-refractivity contribution >= 4 is 12.0 Å². The first-order valence-corrected chi connectivity index (χ1v) is 4.83. The third-order valence-corrected chi connectivity index (χ3v) is 2.21. The van der Waals surface area contributed by atoms with Gasteiger partial charge in [-0.3, -0.25) is 4.79 Å². The standard InChI is InChI=1S/C12H16N2O/c1-12(14,11(13)15)9-5-8-10-6-3-2-4-7-10/h2-8H,9,14H2,1H3,(H2,13,15)/b8-5+/t12-/m1/s1. The summed E-state index contributed by atoms with van der Waals surface area (Å²) in [6.45, 7) is 1.63. The Labute approximate surface area is 89.8 Å². The van der Waals surface area contributed by atoms with Gasteiger partial charge in [-0.1, -0.05) is 42.5 Å². The second-order valence-electron chi connectivity index (χ2n) is 3.80. The molecule has 0 fully saturated rings. The Morgan fingerprint density at radius 3 is 2.53 bits per heavy atom. The molecular weight excluding hydrogens is 188 g/mol. The SMILES string of the molecule is C[C@@](N)(C/C=C/c1ccccc1)C(N)=O. The van der Waals surface area contributed by atoms with Gasteiger partial charge in [0.1, 0.15) is 0 Å². The van der Waals surface area contributed by atoms with Gasteiger partial charge in [0.15, 0.2) is 0 Å². The second kappa shape index (κ2) is 4.75. The maximum Gasteiger partial charge on any atom is 0.237 e. The van der Waals surface area contributed by atoms with Crippen LogP contribution in [0.15, 0.2) is 36.4 Å². The topological polar surface area (TPSA) is 69.1 Å². The van der Waals surface area contributed by atoms with Gasteiger partial charge in [-0.2, -0.15) is 0 Å². The summed E-state index contributed by atoms with van der Waals surface area (Å²) in [5, 5.41) is 0. The minimum atomic E-state index is -0.967. The minimum absolute atomic E-state index is 0.442. The molecule has 1 aromatic carbocycles. The first-order chi connectivity index (χ1) is 7.02. The van der Waals surface area contributed by atoms with Gasteiger partial charge in [0.2, 0.25) is 5.91 Å². The van der Waals surface area contributed by atoms with Crippen molar-refractivity contribution in [3.63, 3.8) is 0 Å². The average molecular weight is 204 g/mol. The summed E-state index contributed by atoms with van der Waals surface area (Å²) in [6.07, 6.45) is 4.23. The number of carbonyl (C=O) groups is 1. The highest BCUT2D eigenvalue weighted by Gasteiger charge is 2.23. The van der Waals surface area contributed by atoms with E-state index in [1.807, 2.05) is 42.5 Å². The van der Waals surface area contributed by atoms with Crippen molar-refractivity contribution in [1.82, 2.24) is 0 Å². The zero-order chi connectivity index (χ0) is 11.3. The molecule has 0 aromatic heterocycles. The molecule has 1 aromatic rings. The molecule has 0 radical (unpaired) electrons. The molecule has 0 spiro atoms. The van der Waals surface area contributed by atoms with Crippen LogP contribution in [0.3, 0.4) is 0 Å². The molecule has 80 valence electrons. The van der Waals surface area contributed by atoms with Crippen LogP contribution >= 0.6 is 0 Å². The number of rotatable bonds is 4. The van der Waals surface area contributed by atoms with Crippen molar-refractivity contribution in [3.05, 3.63) is 42.0 Å². The van der Waals surface area contributed by atoms with Gasteiger partial charge in [0.25, 0.3) is 0 Å². The maximum absolute atomic E-state index is 10.9. The summed E-state index contributed by atoms with van der Waals surface area (Å²) in [4.78, 5) is 10.9. The molecule has 0 bridgehead atoms. The van der Waals surface area contributed by atoms with Crippen molar-refractivity contribution in [1.29, 1.82) is 0 Å². The highest BCUT2D eigenvalue weighted by atomic mass is 16.1. The molecule has 0 aliphatic rings. The smallest absolute Gasteiger partial charge is 0.237 e. The largest absolute Gasteiger partial charge is 0.368 e. The van der Waals surface area contributed by atoms with Crippen molar-refractivity contribution in [2.24, 2.45) is 11.5 Å². The van der Waals surface area contributed by atoms with Crippen LogP contribution in [0.2, 0.25) is 0 Å². The summed E-state index contributed by atoms with van der Waals surface area (Å²) in [5.74, 6) is -0.486. The van der Waals surface area contributed by atoms with Gasteiger partial charge in [-0.15, -0.1) is 0 Å². The molecule has 0 unspecified atom stereocenters. The van der Waals surface area contributed by atoms with Gasteiger partial charge in [-0.05, 0) is 18.9 Å². The van der Waals surface area contributed by atoms with Crippen molar-refractivity contribution in [2.45, 2.75) is 18.9 Å². The van der Waals surface area contributed by atoms with E-state index >= 15 is 0 Å². The normalized spacial score (nSPS) is 15.1. The van der Waals surface area contributed by atoms with Crippen LogP contribution in [0.5, 0.6) is 0 Å². The Hall–Kier alpha value is -1.61. The quantitative estimate of drug-likeness (QED) is 0.776. The average Bonchev–Trinajstić information content (AvgIpc) is 2.19. The Morgan fingerprint density at radius 2 is 2.00 bits per heavy atom. The first kappa shape index (κ1) is 11.5. The monoisotopic (exact) mass is 204 g/mol. The Bertz CT molecular complexity index is 355. The lowest BCUT2D eigenvalue weighted by atomic mass is 9.98. The molecule has 0 saturated heterocycles. The van der Waals surface area contributed by atoms with Gasteiger partial charge >= 0.3 is 0 Å². The van der Waals surface area contributed by atoms with Crippen LogP contribution in [0.25, 0.3) is 6.08 Å². The minimum Gasteiger partial charge on any atom is -0.368 e. The number of hydrogen-bond acceptors (Lipinski definition) is 2. The van der Waals surface area contributed by atoms with Crippen LogP contribution in [-0.2, 0) is 4.79 Å². The van der Waals surface area contributed by atoms with E-state index < -0.39 is 11.4 Å². The van der Waals surface area contributed by atoms with Crippen LogP contribution in [0.1, 0.15) is 18.9 Å². The van der Waals surface area contributed by atoms with E-state index in [2.05, 4.69) is 0 Å². The van der Waals surface area contributed by atoms with E-state index in [4.69, 9.17) is 11.5 Å². The van der Waals surface area contributed by atoms with E-state index in [9.17, 15) is 4.79 Å². The summed E-state index contributed by atoms with van der Waals surface area (Å²) in [6, 6.07) is 9.82. The third-order valence-electron chi connectivity index (χ3n) is 2.21. The summed E-state index contributed by atoms with van der Waals surface area (Å²) in [5.41, 5.74) is 11.0. The second-order valence-corrected chi connectivity index (χ2v) is 3.80. The van der Waals surface area contributed by atoms with Crippen molar-refractivity contribution in [2.75, 3.05) is 0 Å². The number of nitrogens with two attached hydrogens (primary N) is 2. The van der Waals surface area contributed by atoms with Crippen molar-refractivity contribution in [3.8, 4) is 0 Å². The van der Waals surface area contributed by atoms with E-state index in [0.717, 1.165) is 5.56 Å². The van der Waals surface area contributed by atoms with Gasteiger partial charge in [-0.25, -0.2) is 0 Å². The van der Waals surface area contributed by atoms with Gasteiger partial charge in [0.05, 0.1) is 5.54 Å². The van der Waals surface area contributed by atoms with Gasteiger partial charge in [0, 0.05) is 0 Å². The molecule has 15 heavy (non-hydrogen) atoms. The number of benzene rings is 1. The van der Waals surface area contributed by atoms with Crippen LogP contribution in [0, 0.1) is 0 Å². The summed E-state index contributed by atoms with van der Waals surface area (Å²) >= 11 is 0. The molecule has 0 aliphatic carbocycles. The van der Waals surface area contributed by atoms with Crippen molar-refractivity contribution < 1.29 is 4.79 Å². The lowest BCUT2D eigenvalue weighted by Crippen LogP contribution is -2.48. The number of carbonyl (C=O) groups excluding carboxylic acids is 1. The molecule has 0 aliphatic heterocycles. The molecule has 4 N–H and O–H groups in total. The predicted molar refractivity (Wildman–Crippen MR) is 61.9 cm³/mol. The molecule has 3 heteroatoms. The zero-order valence-corrected chi connectivity index (χ0v) is 8.81. The van der Waals surface area contributed by atoms with Crippen LogP contribution in [0.4, 0.5) is 0 Å². The maximum atomic E-state index is 10.9. The summed E-state index contributed by atoms with van der Waals surface area (Å²) in [7, 11) is 0. The highest BCUT2D eigenvalue weighted by Crippen LogP contribution is 2.08. The van der Waals surface area contributed by atoms with E-state index in [1.54, 1.807) is 6.92 Å². The number of hydrogen-bond donors (Lipinski definition) is 2. The van der Waals surface area contributed by atoms with Gasteiger partial charge < -0.3 is 11.5 Å². The molecule has 0 saturated carbocycles. The summed E-state index contributed by atoms with van der Waals surface area (Å²) < 4.78 is 0. The van der Waals surface area contributed by atoms with Crippen LogP contribution < -0.4 is 11.5 Å². The number of primary amides is 1. The lowest BCUT2D eigenvalue weighted by Gasteiger charge is -2.17. The molecule has 1 atom stereocenters. The lowest BCUT2D eigenvalue weighted by molar-refractivity contribution is -0.122. The molecule has 3 nitrogen and oxygen atoms in total. The first-order valence-electron chi connectivity index (χ1n) is 4.83. The number of amides is 1. The van der Waals surface area contributed by atoms with E-state index in [0.29, 0.717) is 6.42 Å². The molecule has 1 rings (SSSR count). The molecule has 0 heterocycles. The molecular formula is C12H16N2O. The highest BCUT2D eigenvalue weighted by molar-refractivity contribution is 5.84. The predicted octanol–water partition coefficient (Wildman–Crippen LogP) is 1.29. The Morgan fingerprint density at radius 1 is 1.40 bits per heavy atom. The fourth-order valence-electron chi connectivity index (χ4n) is 1.10.